The highest BCUT2D eigenvalue weighted by Gasteiger charge is 2.75. The fourth-order valence-corrected chi connectivity index (χ4v) is 7.39. The number of carbonyl (C=O) groups is 2. The van der Waals surface area contributed by atoms with Crippen molar-refractivity contribution in [3.8, 4) is 6.07 Å². The standard InChI is InChI=1S/C21H17ClFN4O4S/c1-12-15(7-6-13(8-24)19(12)22)26-20(28)16-9-25-10-18(27(16,11-25)21(26)29)32(30,31)17-5-3-2-4-14(17)23/h2-7,16,18H,9-11H2,1H3/q+1. The lowest BCUT2D eigenvalue weighted by Crippen LogP contribution is -2.62. The van der Waals surface area contributed by atoms with Gasteiger partial charge in [-0.15, -0.1) is 0 Å². The van der Waals surface area contributed by atoms with Gasteiger partial charge in [-0.05, 0) is 36.8 Å². The van der Waals surface area contributed by atoms with Crippen LogP contribution < -0.4 is 4.90 Å². The van der Waals surface area contributed by atoms with Gasteiger partial charge in [0.05, 0.1) is 29.4 Å². The minimum Gasteiger partial charge on any atom is -0.267 e. The van der Waals surface area contributed by atoms with Crippen LogP contribution in [-0.2, 0) is 14.6 Å². The molecule has 3 saturated heterocycles. The summed E-state index contributed by atoms with van der Waals surface area (Å²) >= 11 is 6.25. The fourth-order valence-electron chi connectivity index (χ4n) is 5.08. The van der Waals surface area contributed by atoms with Gasteiger partial charge in [0.15, 0.2) is 6.04 Å². The molecule has 8 nitrogen and oxygen atoms in total. The van der Waals surface area contributed by atoms with Crippen LogP contribution in [0.3, 0.4) is 0 Å². The average molecular weight is 476 g/mol. The highest BCUT2D eigenvalue weighted by atomic mass is 35.5. The van der Waals surface area contributed by atoms with Crippen molar-refractivity contribution >= 4 is 39.1 Å². The van der Waals surface area contributed by atoms with E-state index in [1.54, 1.807) is 11.8 Å². The quantitative estimate of drug-likeness (QED) is 0.499. The number of sulfone groups is 1. The summed E-state index contributed by atoms with van der Waals surface area (Å²) in [5.74, 6) is -1.43. The number of carbonyl (C=O) groups excluding carboxylic acids is 2. The molecule has 3 aliphatic rings. The Kier molecular flexibility index (Phi) is 4.49. The molecule has 32 heavy (non-hydrogen) atoms. The van der Waals surface area contributed by atoms with Crippen molar-refractivity contribution in [2.45, 2.75) is 23.2 Å². The largest absolute Gasteiger partial charge is 0.433 e. The number of piperazine rings is 1. The second-order valence-electron chi connectivity index (χ2n) is 8.19. The van der Waals surface area contributed by atoms with Crippen LogP contribution >= 0.6 is 11.6 Å². The molecule has 0 aromatic heterocycles. The van der Waals surface area contributed by atoms with Crippen molar-refractivity contribution in [3.63, 3.8) is 0 Å². The first-order valence-corrected chi connectivity index (χ1v) is 11.7. The van der Waals surface area contributed by atoms with E-state index in [1.807, 2.05) is 6.07 Å². The predicted octanol–water partition coefficient (Wildman–Crippen LogP) is 2.40. The van der Waals surface area contributed by atoms with E-state index >= 15 is 0 Å². The second kappa shape index (κ2) is 6.83. The molecule has 2 bridgehead atoms. The number of hydrogen-bond acceptors (Lipinski definition) is 6. The molecule has 3 amide bonds. The molecule has 0 saturated carbocycles. The van der Waals surface area contributed by atoms with Crippen LogP contribution in [-0.4, -0.2) is 60.9 Å². The number of rotatable bonds is 3. The number of urea groups is 1. The normalized spacial score (nSPS) is 28.8. The number of benzene rings is 2. The van der Waals surface area contributed by atoms with E-state index in [-0.39, 0.29) is 36.0 Å². The van der Waals surface area contributed by atoms with Crippen LogP contribution in [0.25, 0.3) is 0 Å². The Balaban J connectivity index is 1.64. The van der Waals surface area contributed by atoms with Crippen molar-refractivity contribution in [1.82, 2.24) is 4.90 Å². The van der Waals surface area contributed by atoms with Gasteiger partial charge < -0.3 is 0 Å². The monoisotopic (exact) mass is 475 g/mol. The third-order valence-corrected chi connectivity index (χ3v) is 9.30. The minimum absolute atomic E-state index is 0.0210. The highest BCUT2D eigenvalue weighted by molar-refractivity contribution is 7.92. The Morgan fingerprint density at radius 2 is 1.91 bits per heavy atom. The van der Waals surface area contributed by atoms with Gasteiger partial charge in [0.2, 0.25) is 15.2 Å². The molecule has 2 aromatic rings. The Labute approximate surface area is 188 Å². The second-order valence-corrected chi connectivity index (χ2v) is 10.6. The van der Waals surface area contributed by atoms with E-state index in [0.29, 0.717) is 5.56 Å². The number of quaternary nitrogens is 1. The van der Waals surface area contributed by atoms with E-state index < -0.39 is 48.4 Å². The third-order valence-electron chi connectivity index (χ3n) is 6.62. The van der Waals surface area contributed by atoms with Crippen molar-refractivity contribution in [2.24, 2.45) is 0 Å². The summed E-state index contributed by atoms with van der Waals surface area (Å²) in [7, 11) is -4.27. The molecule has 3 aliphatic heterocycles. The third kappa shape index (κ3) is 2.50. The summed E-state index contributed by atoms with van der Waals surface area (Å²) in [6.45, 7) is 1.89. The molecule has 0 radical (unpaired) electrons. The fraction of sp³-hybridized carbons (Fsp3) is 0.286. The summed E-state index contributed by atoms with van der Waals surface area (Å²) in [5.41, 5.74) is 0.787. The molecular weight excluding hydrogens is 459 g/mol. The van der Waals surface area contributed by atoms with Crippen LogP contribution in [0.1, 0.15) is 11.1 Å². The maximum atomic E-state index is 14.4. The van der Waals surface area contributed by atoms with Gasteiger partial charge in [0.1, 0.15) is 23.5 Å². The van der Waals surface area contributed by atoms with Crippen LogP contribution in [0.2, 0.25) is 5.02 Å². The Hall–Kier alpha value is -2.84. The molecule has 164 valence electrons. The summed E-state index contributed by atoms with van der Waals surface area (Å²) in [4.78, 5) is 29.4. The smallest absolute Gasteiger partial charge is 0.267 e. The minimum atomic E-state index is -4.27. The molecule has 0 aliphatic carbocycles. The maximum Gasteiger partial charge on any atom is 0.433 e. The van der Waals surface area contributed by atoms with Crippen LogP contribution in [0.5, 0.6) is 0 Å². The number of nitrogens with zero attached hydrogens (tertiary/aromatic N) is 4. The highest BCUT2D eigenvalue weighted by Crippen LogP contribution is 2.47. The van der Waals surface area contributed by atoms with E-state index in [4.69, 9.17) is 11.6 Å². The zero-order valence-corrected chi connectivity index (χ0v) is 18.4. The number of halogens is 2. The van der Waals surface area contributed by atoms with Crippen LogP contribution in [0.4, 0.5) is 14.9 Å². The van der Waals surface area contributed by atoms with Gasteiger partial charge in [-0.3, -0.25) is 4.79 Å². The van der Waals surface area contributed by atoms with E-state index in [0.717, 1.165) is 11.0 Å². The van der Waals surface area contributed by atoms with Gasteiger partial charge in [0, 0.05) is 0 Å². The van der Waals surface area contributed by atoms with E-state index in [9.17, 15) is 27.7 Å². The van der Waals surface area contributed by atoms with Gasteiger partial charge in [0.25, 0.3) is 5.91 Å². The average Bonchev–Trinajstić information content (AvgIpc) is 3.40. The molecule has 3 heterocycles. The number of nitriles is 1. The summed E-state index contributed by atoms with van der Waals surface area (Å²) < 4.78 is 40.7. The zero-order chi connectivity index (χ0) is 23.0. The number of imide groups is 1. The van der Waals surface area contributed by atoms with Crippen LogP contribution in [0, 0.1) is 24.1 Å². The first-order valence-electron chi connectivity index (χ1n) is 9.80. The topological polar surface area (TPSA) is 98.6 Å². The van der Waals surface area contributed by atoms with Crippen molar-refractivity contribution < 1.29 is 26.9 Å². The van der Waals surface area contributed by atoms with Crippen molar-refractivity contribution in [2.75, 3.05) is 24.7 Å². The van der Waals surface area contributed by atoms with Gasteiger partial charge >= 0.3 is 6.03 Å². The Morgan fingerprint density at radius 1 is 1.19 bits per heavy atom. The SMILES string of the molecule is Cc1c(N2C(=O)C3CN4CC(S(=O)(=O)c5ccccc5F)[N+]3(C4)C2=O)ccc(C#N)c1Cl. The summed E-state index contributed by atoms with van der Waals surface area (Å²) in [5, 5.41) is 8.00. The molecule has 4 unspecified atom stereocenters. The van der Waals surface area contributed by atoms with Crippen molar-refractivity contribution in [3.05, 3.63) is 58.4 Å². The predicted molar refractivity (Wildman–Crippen MR) is 112 cm³/mol. The molecule has 4 atom stereocenters. The number of amides is 3. The number of anilines is 1. The van der Waals surface area contributed by atoms with E-state index in [2.05, 4.69) is 0 Å². The molecule has 2 aromatic carbocycles. The first kappa shape index (κ1) is 21.0. The molecule has 0 N–H and O–H groups in total. The number of fused-ring (bicyclic) bond motifs is 1. The van der Waals surface area contributed by atoms with Gasteiger partial charge in [-0.1, -0.05) is 23.7 Å². The van der Waals surface area contributed by atoms with Crippen LogP contribution in [0.15, 0.2) is 41.3 Å². The lowest BCUT2D eigenvalue weighted by Gasteiger charge is -2.33. The molecule has 1 spiro atoms. The Morgan fingerprint density at radius 3 is 2.59 bits per heavy atom. The molecular formula is C21H17ClFN4O4S+. The Bertz CT molecular complexity index is 1360. The lowest BCUT2D eigenvalue weighted by atomic mass is 10.1. The first-order chi connectivity index (χ1) is 15.1. The molecule has 3 fully saturated rings. The zero-order valence-electron chi connectivity index (χ0n) is 16.8. The number of hydrogen-bond donors (Lipinski definition) is 0. The maximum absolute atomic E-state index is 14.4. The molecule has 5 rings (SSSR count). The van der Waals surface area contributed by atoms with E-state index in [1.165, 1.54) is 30.3 Å². The molecule has 11 heteroatoms. The summed E-state index contributed by atoms with van der Waals surface area (Å²) in [6, 6.07) is 8.25. The summed E-state index contributed by atoms with van der Waals surface area (Å²) in [6.07, 6.45) is 0. The van der Waals surface area contributed by atoms with Gasteiger partial charge in [-0.2, -0.15) is 14.6 Å². The van der Waals surface area contributed by atoms with Gasteiger partial charge in [-0.25, -0.2) is 22.5 Å². The van der Waals surface area contributed by atoms with Crippen molar-refractivity contribution in [1.29, 1.82) is 5.26 Å². The lowest BCUT2D eigenvalue weighted by molar-refractivity contribution is -0.848.